The summed E-state index contributed by atoms with van der Waals surface area (Å²) in [5.41, 5.74) is 3.07. The van der Waals surface area contributed by atoms with Crippen LogP contribution in [-0.4, -0.2) is 45.9 Å². The maximum absolute atomic E-state index is 12.9. The van der Waals surface area contributed by atoms with Crippen molar-refractivity contribution in [2.75, 3.05) is 20.7 Å². The molecule has 3 rings (SSSR count). The third-order valence-electron chi connectivity index (χ3n) is 4.04. The van der Waals surface area contributed by atoms with Crippen LogP contribution < -0.4 is 4.74 Å². The molecule has 3 heterocycles. The Hall–Kier alpha value is -2.89. The lowest BCUT2D eigenvalue weighted by Gasteiger charge is -2.17. The fourth-order valence-corrected chi connectivity index (χ4v) is 2.70. The van der Waals surface area contributed by atoms with Crippen LogP contribution in [0.4, 0.5) is 0 Å². The minimum atomic E-state index is -0.0534. The van der Waals surface area contributed by atoms with Gasteiger partial charge in [0, 0.05) is 32.2 Å². The number of aryl methyl sites for hydroxylation is 1. The third-order valence-corrected chi connectivity index (χ3v) is 4.04. The molecule has 3 aromatic rings. The highest BCUT2D eigenvalue weighted by atomic mass is 16.5. The number of aromatic nitrogens is 3. The van der Waals surface area contributed by atoms with Crippen molar-refractivity contribution in [2.45, 2.75) is 13.3 Å². The van der Waals surface area contributed by atoms with Gasteiger partial charge < -0.3 is 9.64 Å². The molecule has 3 aromatic heterocycles. The number of nitrogens with zero attached hydrogens (tertiary/aromatic N) is 4. The molecule has 0 spiro atoms. The molecule has 6 heteroatoms. The summed E-state index contributed by atoms with van der Waals surface area (Å²) >= 11 is 0. The van der Waals surface area contributed by atoms with Crippen molar-refractivity contribution < 1.29 is 9.53 Å². The van der Waals surface area contributed by atoms with Crippen LogP contribution in [0.5, 0.6) is 5.75 Å². The van der Waals surface area contributed by atoms with Gasteiger partial charge in [0.15, 0.2) is 11.4 Å². The molecular weight excluding hydrogens is 304 g/mol. The van der Waals surface area contributed by atoms with Crippen LogP contribution in [0.1, 0.15) is 21.7 Å². The number of imidazole rings is 1. The molecule has 124 valence electrons. The molecule has 1 amide bonds. The van der Waals surface area contributed by atoms with Crippen LogP contribution in [0.2, 0.25) is 0 Å². The summed E-state index contributed by atoms with van der Waals surface area (Å²) in [6, 6.07) is 7.61. The van der Waals surface area contributed by atoms with E-state index >= 15 is 0 Å². The molecule has 0 saturated heterocycles. The zero-order valence-electron chi connectivity index (χ0n) is 14.1. The summed E-state index contributed by atoms with van der Waals surface area (Å²) in [5, 5.41) is 0. The number of rotatable bonds is 5. The maximum Gasteiger partial charge on any atom is 0.272 e. The fraction of sp³-hybridized carbons (Fsp3) is 0.278. The number of amides is 1. The molecular formula is C18H20N4O2. The van der Waals surface area contributed by atoms with Gasteiger partial charge in [-0.15, -0.1) is 0 Å². The van der Waals surface area contributed by atoms with Gasteiger partial charge in [-0.25, -0.2) is 4.98 Å². The Morgan fingerprint density at radius 3 is 2.75 bits per heavy atom. The van der Waals surface area contributed by atoms with E-state index in [1.165, 1.54) is 0 Å². The highest BCUT2D eigenvalue weighted by Gasteiger charge is 2.21. The quantitative estimate of drug-likeness (QED) is 0.723. The van der Waals surface area contributed by atoms with Gasteiger partial charge in [-0.05, 0) is 43.2 Å². The average molecular weight is 324 g/mol. The topological polar surface area (TPSA) is 59.7 Å². The van der Waals surface area contributed by atoms with Gasteiger partial charge in [0.05, 0.1) is 12.8 Å². The van der Waals surface area contributed by atoms with E-state index < -0.39 is 0 Å². The van der Waals surface area contributed by atoms with Crippen LogP contribution in [0.25, 0.3) is 5.65 Å². The van der Waals surface area contributed by atoms with E-state index in [0.717, 1.165) is 12.0 Å². The predicted octanol–water partition coefficient (Wildman–Crippen LogP) is 2.36. The molecule has 0 aliphatic rings. The number of likely N-dealkylation sites (N-methyl/N-ethyl adjacent to an activating group) is 1. The van der Waals surface area contributed by atoms with Gasteiger partial charge in [-0.1, -0.05) is 0 Å². The lowest BCUT2D eigenvalue weighted by atomic mass is 10.2. The van der Waals surface area contributed by atoms with Crippen molar-refractivity contribution in [1.29, 1.82) is 0 Å². The Morgan fingerprint density at radius 1 is 1.29 bits per heavy atom. The Kier molecular flexibility index (Phi) is 4.46. The maximum atomic E-state index is 12.9. The molecule has 24 heavy (non-hydrogen) atoms. The highest BCUT2D eigenvalue weighted by Crippen LogP contribution is 2.22. The number of pyridine rings is 2. The van der Waals surface area contributed by atoms with Crippen molar-refractivity contribution in [3.05, 3.63) is 59.8 Å². The number of methoxy groups -OCH3 is 1. The summed E-state index contributed by atoms with van der Waals surface area (Å²) in [6.07, 6.45) is 6.14. The van der Waals surface area contributed by atoms with Crippen molar-refractivity contribution >= 4 is 11.6 Å². The van der Waals surface area contributed by atoms with Crippen LogP contribution in [0.15, 0.2) is 42.9 Å². The SMILES string of the molecule is COc1cccn2c(C(=O)N(C)CCc3ccncc3)c(C)nc12. The fourth-order valence-electron chi connectivity index (χ4n) is 2.70. The smallest absolute Gasteiger partial charge is 0.272 e. The summed E-state index contributed by atoms with van der Waals surface area (Å²) in [4.78, 5) is 23.1. The molecule has 0 aliphatic carbocycles. The molecule has 0 fully saturated rings. The first-order valence-corrected chi connectivity index (χ1v) is 7.78. The standard InChI is InChI=1S/C18H20N4O2/c1-13-16(22-11-4-5-15(24-3)17(22)20-13)18(23)21(2)12-8-14-6-9-19-10-7-14/h4-7,9-11H,8,12H2,1-3H3. The van der Waals surface area contributed by atoms with Crippen LogP contribution in [-0.2, 0) is 6.42 Å². The molecule has 0 bridgehead atoms. The van der Waals surface area contributed by atoms with Crippen molar-refractivity contribution in [3.8, 4) is 5.75 Å². The number of fused-ring (bicyclic) bond motifs is 1. The second-order valence-electron chi connectivity index (χ2n) is 5.65. The second kappa shape index (κ2) is 6.70. The van der Waals surface area contributed by atoms with Crippen LogP contribution in [0.3, 0.4) is 0 Å². The molecule has 0 N–H and O–H groups in total. The molecule has 0 aliphatic heterocycles. The van der Waals surface area contributed by atoms with E-state index in [0.29, 0.717) is 29.3 Å². The Labute approximate surface area is 140 Å². The van der Waals surface area contributed by atoms with Crippen molar-refractivity contribution in [2.24, 2.45) is 0 Å². The summed E-state index contributed by atoms with van der Waals surface area (Å²) < 4.78 is 7.12. The van der Waals surface area contributed by atoms with Gasteiger partial charge in [-0.2, -0.15) is 0 Å². The molecule has 0 saturated carbocycles. The van der Waals surface area contributed by atoms with Crippen LogP contribution >= 0.6 is 0 Å². The van der Waals surface area contributed by atoms with E-state index in [4.69, 9.17) is 4.74 Å². The van der Waals surface area contributed by atoms with Crippen molar-refractivity contribution in [1.82, 2.24) is 19.3 Å². The second-order valence-corrected chi connectivity index (χ2v) is 5.65. The lowest BCUT2D eigenvalue weighted by Crippen LogP contribution is -2.30. The normalized spacial score (nSPS) is 10.8. The number of carbonyl (C=O) groups is 1. The average Bonchev–Trinajstić information content (AvgIpc) is 2.95. The molecule has 0 aromatic carbocycles. The first-order chi connectivity index (χ1) is 11.6. The molecule has 0 unspecified atom stereocenters. The summed E-state index contributed by atoms with van der Waals surface area (Å²) in [5.74, 6) is 0.599. The van der Waals surface area contributed by atoms with Gasteiger partial charge in [0.25, 0.3) is 5.91 Å². The molecule has 6 nitrogen and oxygen atoms in total. The number of ether oxygens (including phenoxy) is 1. The van der Waals surface area contributed by atoms with Gasteiger partial charge in [-0.3, -0.25) is 14.2 Å². The zero-order valence-corrected chi connectivity index (χ0v) is 14.1. The number of hydrogen-bond acceptors (Lipinski definition) is 4. The largest absolute Gasteiger partial charge is 0.493 e. The minimum Gasteiger partial charge on any atom is -0.493 e. The van der Waals surface area contributed by atoms with E-state index in [-0.39, 0.29) is 5.91 Å². The highest BCUT2D eigenvalue weighted by molar-refractivity contribution is 5.94. The van der Waals surface area contributed by atoms with E-state index in [2.05, 4.69) is 9.97 Å². The van der Waals surface area contributed by atoms with Gasteiger partial charge in [0.2, 0.25) is 0 Å². The van der Waals surface area contributed by atoms with Gasteiger partial charge in [0.1, 0.15) is 5.69 Å². The summed E-state index contributed by atoms with van der Waals surface area (Å²) in [7, 11) is 3.41. The molecule has 0 atom stereocenters. The number of carbonyl (C=O) groups excluding carboxylic acids is 1. The first-order valence-electron chi connectivity index (χ1n) is 7.78. The Balaban J connectivity index is 1.84. The van der Waals surface area contributed by atoms with E-state index in [9.17, 15) is 4.79 Å². The lowest BCUT2D eigenvalue weighted by molar-refractivity contribution is 0.0789. The van der Waals surface area contributed by atoms with Gasteiger partial charge >= 0.3 is 0 Å². The Bertz CT molecular complexity index is 858. The number of hydrogen-bond donors (Lipinski definition) is 0. The minimum absolute atomic E-state index is 0.0534. The first kappa shape index (κ1) is 16.0. The summed E-state index contributed by atoms with van der Waals surface area (Å²) in [6.45, 7) is 2.47. The monoisotopic (exact) mass is 324 g/mol. The van der Waals surface area contributed by atoms with Crippen molar-refractivity contribution in [3.63, 3.8) is 0 Å². The zero-order chi connectivity index (χ0) is 17.1. The van der Waals surface area contributed by atoms with Crippen LogP contribution in [0, 0.1) is 6.92 Å². The Morgan fingerprint density at radius 2 is 2.04 bits per heavy atom. The molecule has 0 radical (unpaired) electrons. The third kappa shape index (κ3) is 2.95. The van der Waals surface area contributed by atoms with E-state index in [1.807, 2.05) is 44.4 Å². The predicted molar refractivity (Wildman–Crippen MR) is 91.4 cm³/mol. The van der Waals surface area contributed by atoms with E-state index in [1.54, 1.807) is 28.8 Å².